The Hall–Kier alpha value is -3.01. The molecule has 23 heavy (non-hydrogen) atoms. The van der Waals surface area contributed by atoms with Crippen molar-refractivity contribution in [3.63, 3.8) is 0 Å². The maximum absolute atomic E-state index is 5.92. The van der Waals surface area contributed by atoms with E-state index in [1.54, 1.807) is 20.4 Å². The highest BCUT2D eigenvalue weighted by molar-refractivity contribution is 5.73. The molecule has 3 aromatic rings. The molecule has 0 saturated heterocycles. The zero-order valence-corrected chi connectivity index (χ0v) is 13.0. The molecule has 2 aromatic carbocycles. The van der Waals surface area contributed by atoms with Gasteiger partial charge in [-0.05, 0) is 29.8 Å². The predicted octanol–water partition coefficient (Wildman–Crippen LogP) is 4.56. The molecule has 0 amide bonds. The quantitative estimate of drug-likeness (QED) is 0.693. The Balaban J connectivity index is 2.03. The second-order valence-corrected chi connectivity index (χ2v) is 4.87. The van der Waals surface area contributed by atoms with E-state index in [2.05, 4.69) is 4.98 Å². The molecular weight excluding hydrogens is 290 g/mol. The van der Waals surface area contributed by atoms with Crippen LogP contribution in [0.4, 0.5) is 0 Å². The molecule has 3 rings (SSSR count). The van der Waals surface area contributed by atoms with Gasteiger partial charge in [0.15, 0.2) is 0 Å². The first kappa shape index (κ1) is 14.9. The van der Waals surface area contributed by atoms with Gasteiger partial charge >= 0.3 is 0 Å². The summed E-state index contributed by atoms with van der Waals surface area (Å²) in [7, 11) is 3.27. The fourth-order valence-corrected chi connectivity index (χ4v) is 2.28. The van der Waals surface area contributed by atoms with Crippen LogP contribution < -0.4 is 14.2 Å². The van der Waals surface area contributed by atoms with Crippen molar-refractivity contribution >= 4 is 0 Å². The average Bonchev–Trinajstić information content (AvgIpc) is 2.62. The molecule has 0 bridgehead atoms. The SMILES string of the molecule is COc1cc(OC)cc(-c2ccccc2Oc2ccccn2)c1. The van der Waals surface area contributed by atoms with E-state index in [0.717, 1.165) is 28.4 Å². The highest BCUT2D eigenvalue weighted by atomic mass is 16.5. The van der Waals surface area contributed by atoms with Crippen LogP contribution in [0.3, 0.4) is 0 Å². The minimum absolute atomic E-state index is 0.551. The summed E-state index contributed by atoms with van der Waals surface area (Å²) in [5.41, 5.74) is 1.89. The molecule has 0 radical (unpaired) electrons. The van der Waals surface area contributed by atoms with E-state index in [4.69, 9.17) is 14.2 Å². The molecular formula is C19H17NO3. The number of para-hydroxylation sites is 1. The van der Waals surface area contributed by atoms with Crippen molar-refractivity contribution in [1.82, 2.24) is 4.98 Å². The molecule has 4 nitrogen and oxygen atoms in total. The lowest BCUT2D eigenvalue weighted by atomic mass is 10.0. The number of benzene rings is 2. The Kier molecular flexibility index (Phi) is 4.43. The molecule has 0 aliphatic rings. The monoisotopic (exact) mass is 307 g/mol. The summed E-state index contributed by atoms with van der Waals surface area (Å²) >= 11 is 0. The first-order chi connectivity index (χ1) is 11.3. The summed E-state index contributed by atoms with van der Waals surface area (Å²) in [4.78, 5) is 4.20. The van der Waals surface area contributed by atoms with Gasteiger partial charge in [0.05, 0.1) is 14.2 Å². The summed E-state index contributed by atoms with van der Waals surface area (Å²) in [6.07, 6.45) is 1.70. The van der Waals surface area contributed by atoms with Crippen LogP contribution in [0.2, 0.25) is 0 Å². The van der Waals surface area contributed by atoms with Crippen LogP contribution in [0, 0.1) is 0 Å². The lowest BCUT2D eigenvalue weighted by molar-refractivity contribution is 0.394. The Morgan fingerprint density at radius 3 is 2.13 bits per heavy atom. The van der Waals surface area contributed by atoms with Crippen LogP contribution in [-0.4, -0.2) is 19.2 Å². The van der Waals surface area contributed by atoms with Gasteiger partial charge in [0.2, 0.25) is 5.88 Å². The Morgan fingerprint density at radius 1 is 0.783 bits per heavy atom. The number of pyridine rings is 1. The van der Waals surface area contributed by atoms with E-state index in [1.807, 2.05) is 60.7 Å². The van der Waals surface area contributed by atoms with Crippen molar-refractivity contribution in [3.05, 3.63) is 66.9 Å². The number of ether oxygens (including phenoxy) is 3. The molecule has 0 saturated carbocycles. The van der Waals surface area contributed by atoms with Gasteiger partial charge in [-0.2, -0.15) is 0 Å². The van der Waals surface area contributed by atoms with E-state index >= 15 is 0 Å². The fraction of sp³-hybridized carbons (Fsp3) is 0.105. The van der Waals surface area contributed by atoms with Crippen molar-refractivity contribution in [3.8, 4) is 34.3 Å². The Morgan fingerprint density at radius 2 is 1.48 bits per heavy atom. The lowest BCUT2D eigenvalue weighted by Crippen LogP contribution is -1.92. The minimum atomic E-state index is 0.551. The fourth-order valence-electron chi connectivity index (χ4n) is 2.28. The van der Waals surface area contributed by atoms with Gasteiger partial charge in [-0.3, -0.25) is 0 Å². The van der Waals surface area contributed by atoms with Crippen molar-refractivity contribution in [2.75, 3.05) is 14.2 Å². The van der Waals surface area contributed by atoms with E-state index in [-0.39, 0.29) is 0 Å². The summed E-state index contributed by atoms with van der Waals surface area (Å²) in [6, 6.07) is 19.1. The molecule has 0 N–H and O–H groups in total. The zero-order valence-electron chi connectivity index (χ0n) is 13.0. The van der Waals surface area contributed by atoms with Gasteiger partial charge in [-0.1, -0.05) is 24.3 Å². The van der Waals surface area contributed by atoms with E-state index in [1.165, 1.54) is 0 Å². The van der Waals surface area contributed by atoms with Crippen LogP contribution in [0.5, 0.6) is 23.1 Å². The second kappa shape index (κ2) is 6.83. The highest BCUT2D eigenvalue weighted by Gasteiger charge is 2.10. The van der Waals surface area contributed by atoms with Crippen LogP contribution in [0.25, 0.3) is 11.1 Å². The van der Waals surface area contributed by atoms with Gasteiger partial charge in [0.1, 0.15) is 17.2 Å². The van der Waals surface area contributed by atoms with Crippen molar-refractivity contribution in [2.45, 2.75) is 0 Å². The van der Waals surface area contributed by atoms with E-state index in [0.29, 0.717) is 5.88 Å². The van der Waals surface area contributed by atoms with Crippen molar-refractivity contribution in [2.24, 2.45) is 0 Å². The third kappa shape index (κ3) is 3.43. The number of methoxy groups -OCH3 is 2. The maximum Gasteiger partial charge on any atom is 0.219 e. The third-order valence-corrected chi connectivity index (χ3v) is 3.40. The standard InChI is InChI=1S/C19H17NO3/c1-21-15-11-14(12-16(13-15)22-2)17-7-3-4-8-18(17)23-19-9-5-6-10-20-19/h3-13H,1-2H3. The maximum atomic E-state index is 5.92. The highest BCUT2D eigenvalue weighted by Crippen LogP contribution is 2.36. The van der Waals surface area contributed by atoms with Crippen LogP contribution in [0.15, 0.2) is 66.9 Å². The average molecular weight is 307 g/mol. The first-order valence-electron chi connectivity index (χ1n) is 7.21. The lowest BCUT2D eigenvalue weighted by Gasteiger charge is -2.13. The molecule has 0 aliphatic heterocycles. The van der Waals surface area contributed by atoms with Crippen LogP contribution in [-0.2, 0) is 0 Å². The molecule has 0 unspecified atom stereocenters. The largest absolute Gasteiger partial charge is 0.497 e. The normalized spacial score (nSPS) is 10.2. The smallest absolute Gasteiger partial charge is 0.219 e. The summed E-state index contributed by atoms with van der Waals surface area (Å²) in [5.74, 6) is 2.73. The van der Waals surface area contributed by atoms with Crippen LogP contribution >= 0.6 is 0 Å². The molecule has 1 heterocycles. The van der Waals surface area contributed by atoms with Crippen molar-refractivity contribution < 1.29 is 14.2 Å². The minimum Gasteiger partial charge on any atom is -0.497 e. The first-order valence-corrected chi connectivity index (χ1v) is 7.21. The molecule has 116 valence electrons. The summed E-state index contributed by atoms with van der Waals surface area (Å²) < 4.78 is 16.6. The summed E-state index contributed by atoms with van der Waals surface area (Å²) in [5, 5.41) is 0. The van der Waals surface area contributed by atoms with Gasteiger partial charge in [-0.15, -0.1) is 0 Å². The Bertz CT molecular complexity index is 765. The second-order valence-electron chi connectivity index (χ2n) is 4.87. The molecule has 0 aliphatic carbocycles. The van der Waals surface area contributed by atoms with Gasteiger partial charge < -0.3 is 14.2 Å². The third-order valence-electron chi connectivity index (χ3n) is 3.40. The van der Waals surface area contributed by atoms with Gasteiger partial charge in [0.25, 0.3) is 0 Å². The number of aromatic nitrogens is 1. The molecule has 4 heteroatoms. The van der Waals surface area contributed by atoms with Gasteiger partial charge in [-0.25, -0.2) is 4.98 Å². The number of rotatable bonds is 5. The molecule has 1 aromatic heterocycles. The van der Waals surface area contributed by atoms with Crippen molar-refractivity contribution in [1.29, 1.82) is 0 Å². The number of nitrogens with zero attached hydrogens (tertiary/aromatic N) is 1. The van der Waals surface area contributed by atoms with E-state index in [9.17, 15) is 0 Å². The number of hydrogen-bond acceptors (Lipinski definition) is 4. The summed E-state index contributed by atoms with van der Waals surface area (Å²) in [6.45, 7) is 0. The van der Waals surface area contributed by atoms with E-state index < -0.39 is 0 Å². The molecule has 0 atom stereocenters. The predicted molar refractivity (Wildman–Crippen MR) is 89.3 cm³/mol. The van der Waals surface area contributed by atoms with Crippen LogP contribution in [0.1, 0.15) is 0 Å². The molecule has 0 fully saturated rings. The number of hydrogen-bond donors (Lipinski definition) is 0. The van der Waals surface area contributed by atoms with Gasteiger partial charge in [0, 0.05) is 23.9 Å². The zero-order chi connectivity index (χ0) is 16.1. The topological polar surface area (TPSA) is 40.6 Å². The Labute approximate surface area is 135 Å². The molecule has 0 spiro atoms.